The molecule has 2 aromatic rings. The molecule has 134 valence electrons. The third-order valence-corrected chi connectivity index (χ3v) is 4.05. The number of rotatable bonds is 5. The van der Waals surface area contributed by atoms with Crippen molar-refractivity contribution in [3.05, 3.63) is 46.4 Å². The molecule has 0 aliphatic rings. The van der Waals surface area contributed by atoms with Gasteiger partial charge in [-0.3, -0.25) is 14.3 Å². The van der Waals surface area contributed by atoms with Gasteiger partial charge in [0, 0.05) is 7.05 Å². The van der Waals surface area contributed by atoms with Crippen molar-refractivity contribution in [2.45, 2.75) is 26.8 Å². The summed E-state index contributed by atoms with van der Waals surface area (Å²) < 4.78 is 3.13. The summed E-state index contributed by atoms with van der Waals surface area (Å²) in [5, 5.41) is 5.04. The molecule has 1 aromatic heterocycles. The SMILES string of the molecule is Cc1c(NC(=O)C(NC(N)=O)C(C)C)c(=O)n(-c2ccccc2)n1C. The van der Waals surface area contributed by atoms with Crippen molar-refractivity contribution >= 4 is 17.6 Å². The number of nitrogens with zero attached hydrogens (tertiary/aromatic N) is 2. The van der Waals surface area contributed by atoms with Gasteiger partial charge in [0.05, 0.1) is 11.4 Å². The van der Waals surface area contributed by atoms with Crippen molar-refractivity contribution < 1.29 is 9.59 Å². The van der Waals surface area contributed by atoms with Crippen LogP contribution in [0.25, 0.3) is 5.69 Å². The van der Waals surface area contributed by atoms with Crippen LogP contribution in [0.1, 0.15) is 19.5 Å². The van der Waals surface area contributed by atoms with Crippen LogP contribution in [0.5, 0.6) is 0 Å². The van der Waals surface area contributed by atoms with E-state index in [1.54, 1.807) is 44.6 Å². The molecule has 1 unspecified atom stereocenters. The fourth-order valence-corrected chi connectivity index (χ4v) is 2.60. The lowest BCUT2D eigenvalue weighted by atomic mass is 10.0. The number of para-hydroxylation sites is 1. The Balaban J connectivity index is 2.39. The zero-order chi connectivity index (χ0) is 18.7. The van der Waals surface area contributed by atoms with Gasteiger partial charge in [0.25, 0.3) is 5.56 Å². The molecule has 1 atom stereocenters. The normalized spacial score (nSPS) is 12.0. The first-order valence-electron chi connectivity index (χ1n) is 7.95. The van der Waals surface area contributed by atoms with Crippen LogP contribution in [-0.2, 0) is 11.8 Å². The molecule has 8 nitrogen and oxygen atoms in total. The van der Waals surface area contributed by atoms with Gasteiger partial charge in [0.1, 0.15) is 11.7 Å². The average Bonchev–Trinajstić information content (AvgIpc) is 2.76. The monoisotopic (exact) mass is 345 g/mol. The third-order valence-electron chi connectivity index (χ3n) is 4.05. The number of primary amides is 1. The molecule has 8 heteroatoms. The molecule has 2 rings (SSSR count). The molecule has 4 N–H and O–H groups in total. The first kappa shape index (κ1) is 18.3. The summed E-state index contributed by atoms with van der Waals surface area (Å²) in [5.41, 5.74) is 6.24. The minimum atomic E-state index is -0.832. The molecule has 0 aliphatic carbocycles. The van der Waals surface area contributed by atoms with E-state index in [2.05, 4.69) is 10.6 Å². The van der Waals surface area contributed by atoms with E-state index in [0.717, 1.165) is 0 Å². The lowest BCUT2D eigenvalue weighted by Crippen LogP contribution is -2.49. The number of amides is 3. The van der Waals surface area contributed by atoms with E-state index in [-0.39, 0.29) is 17.2 Å². The Morgan fingerprint density at radius 1 is 1.16 bits per heavy atom. The molecule has 0 radical (unpaired) electrons. The van der Waals surface area contributed by atoms with Crippen LogP contribution in [0, 0.1) is 12.8 Å². The molecule has 0 aliphatic heterocycles. The van der Waals surface area contributed by atoms with Crippen LogP contribution < -0.4 is 21.9 Å². The van der Waals surface area contributed by atoms with Crippen molar-refractivity contribution in [3.8, 4) is 5.69 Å². The van der Waals surface area contributed by atoms with E-state index < -0.39 is 18.0 Å². The van der Waals surface area contributed by atoms with Crippen molar-refractivity contribution in [2.75, 3.05) is 5.32 Å². The summed E-state index contributed by atoms with van der Waals surface area (Å²) in [4.78, 5) is 36.4. The van der Waals surface area contributed by atoms with Crippen LogP contribution in [0.3, 0.4) is 0 Å². The number of benzene rings is 1. The van der Waals surface area contributed by atoms with Gasteiger partial charge in [-0.05, 0) is 25.0 Å². The second-order valence-electron chi connectivity index (χ2n) is 6.16. The highest BCUT2D eigenvalue weighted by Gasteiger charge is 2.26. The van der Waals surface area contributed by atoms with Crippen LogP contribution in [0.15, 0.2) is 35.1 Å². The van der Waals surface area contributed by atoms with Gasteiger partial charge in [-0.2, -0.15) is 0 Å². The quantitative estimate of drug-likeness (QED) is 0.755. The molecule has 0 saturated carbocycles. The zero-order valence-corrected chi connectivity index (χ0v) is 14.7. The maximum atomic E-state index is 12.8. The van der Waals surface area contributed by atoms with Gasteiger partial charge in [-0.25, -0.2) is 9.48 Å². The Labute approximate surface area is 145 Å². The number of hydrogen-bond donors (Lipinski definition) is 3. The Kier molecular flexibility index (Phi) is 5.31. The zero-order valence-electron chi connectivity index (χ0n) is 14.7. The first-order chi connectivity index (χ1) is 11.7. The van der Waals surface area contributed by atoms with E-state index >= 15 is 0 Å². The molecule has 0 saturated heterocycles. The molecule has 1 heterocycles. The number of nitrogens with two attached hydrogens (primary N) is 1. The van der Waals surface area contributed by atoms with Gasteiger partial charge in [-0.15, -0.1) is 0 Å². The molecule has 3 amide bonds. The lowest BCUT2D eigenvalue weighted by molar-refractivity contribution is -0.118. The minimum Gasteiger partial charge on any atom is -0.352 e. The van der Waals surface area contributed by atoms with Crippen LogP contribution >= 0.6 is 0 Å². The van der Waals surface area contributed by atoms with E-state index in [1.165, 1.54) is 4.68 Å². The number of aromatic nitrogens is 2. The molecule has 1 aromatic carbocycles. The molecule has 0 fully saturated rings. The van der Waals surface area contributed by atoms with E-state index in [9.17, 15) is 14.4 Å². The fraction of sp³-hybridized carbons (Fsp3) is 0.353. The number of carbonyl (C=O) groups excluding carboxylic acids is 2. The topological polar surface area (TPSA) is 111 Å². The average molecular weight is 345 g/mol. The Hall–Kier alpha value is -3.03. The molecule has 0 bridgehead atoms. The van der Waals surface area contributed by atoms with E-state index in [1.807, 2.05) is 18.2 Å². The summed E-state index contributed by atoms with van der Waals surface area (Å²) in [5.74, 6) is -0.673. The second kappa shape index (κ2) is 7.25. The second-order valence-corrected chi connectivity index (χ2v) is 6.16. The molecule has 0 spiro atoms. The maximum Gasteiger partial charge on any atom is 0.312 e. The Morgan fingerprint density at radius 3 is 2.28 bits per heavy atom. The van der Waals surface area contributed by atoms with E-state index in [0.29, 0.717) is 11.4 Å². The number of nitrogens with one attached hydrogen (secondary N) is 2. The van der Waals surface area contributed by atoms with Crippen LogP contribution in [-0.4, -0.2) is 27.3 Å². The first-order valence-corrected chi connectivity index (χ1v) is 7.95. The highest BCUT2D eigenvalue weighted by atomic mass is 16.2. The summed E-state index contributed by atoms with van der Waals surface area (Å²) >= 11 is 0. The van der Waals surface area contributed by atoms with Crippen molar-refractivity contribution in [1.29, 1.82) is 0 Å². The summed E-state index contributed by atoms with van der Waals surface area (Å²) in [6.45, 7) is 5.29. The lowest BCUT2D eigenvalue weighted by Gasteiger charge is -2.20. The predicted molar refractivity (Wildman–Crippen MR) is 95.7 cm³/mol. The minimum absolute atomic E-state index is 0.174. The summed E-state index contributed by atoms with van der Waals surface area (Å²) in [6, 6.07) is 7.50. The summed E-state index contributed by atoms with van der Waals surface area (Å²) in [6.07, 6.45) is 0. The van der Waals surface area contributed by atoms with Crippen LogP contribution in [0.4, 0.5) is 10.5 Å². The van der Waals surface area contributed by atoms with E-state index in [4.69, 9.17) is 5.73 Å². The van der Waals surface area contributed by atoms with Crippen LogP contribution in [0.2, 0.25) is 0 Å². The smallest absolute Gasteiger partial charge is 0.312 e. The Morgan fingerprint density at radius 2 is 1.76 bits per heavy atom. The van der Waals surface area contributed by atoms with Gasteiger partial charge >= 0.3 is 6.03 Å². The molecule has 25 heavy (non-hydrogen) atoms. The highest BCUT2D eigenvalue weighted by molar-refractivity contribution is 5.97. The van der Waals surface area contributed by atoms with Crippen molar-refractivity contribution in [2.24, 2.45) is 18.7 Å². The molecular weight excluding hydrogens is 322 g/mol. The molecular formula is C17H23N5O3. The van der Waals surface area contributed by atoms with Gasteiger partial charge in [0.15, 0.2) is 0 Å². The fourth-order valence-electron chi connectivity index (χ4n) is 2.60. The largest absolute Gasteiger partial charge is 0.352 e. The number of hydrogen-bond acceptors (Lipinski definition) is 3. The third kappa shape index (κ3) is 3.73. The Bertz CT molecular complexity index is 836. The highest BCUT2D eigenvalue weighted by Crippen LogP contribution is 2.15. The number of carbonyl (C=O) groups is 2. The standard InChI is InChI=1S/C17H23N5O3/c1-10(2)13(20-17(18)25)15(23)19-14-11(3)21(4)22(16(14)24)12-8-6-5-7-9-12/h5-10,13H,1-4H3,(H,19,23)(H3,18,20,25). The van der Waals surface area contributed by atoms with Crippen molar-refractivity contribution in [1.82, 2.24) is 14.7 Å². The van der Waals surface area contributed by atoms with Gasteiger partial charge in [0.2, 0.25) is 5.91 Å². The predicted octanol–water partition coefficient (Wildman–Crippen LogP) is 1.12. The van der Waals surface area contributed by atoms with Gasteiger partial charge < -0.3 is 16.4 Å². The van der Waals surface area contributed by atoms with Gasteiger partial charge in [-0.1, -0.05) is 32.0 Å². The number of anilines is 1. The summed E-state index contributed by atoms with van der Waals surface area (Å²) in [7, 11) is 1.74. The number of urea groups is 1. The van der Waals surface area contributed by atoms with Crippen molar-refractivity contribution in [3.63, 3.8) is 0 Å². The maximum absolute atomic E-state index is 12.8.